The fourth-order valence-corrected chi connectivity index (χ4v) is 1.99. The van der Waals surface area contributed by atoms with Crippen molar-refractivity contribution in [2.45, 2.75) is 6.61 Å². The van der Waals surface area contributed by atoms with Gasteiger partial charge in [-0.15, -0.1) is 10.5 Å². The minimum Gasteiger partial charge on any atom is -0.488 e. The third kappa shape index (κ3) is 4.72. The molecule has 0 aliphatic carbocycles. The molecular formula is C16H17ClN3OS+. The minimum absolute atomic E-state index is 0.410. The molecule has 22 heavy (non-hydrogen) atoms. The summed E-state index contributed by atoms with van der Waals surface area (Å²) in [6, 6.07) is 15.3. The molecule has 0 aliphatic rings. The van der Waals surface area contributed by atoms with Crippen molar-refractivity contribution in [2.24, 2.45) is 0 Å². The SMILES string of the molecule is CNC(=S)N[NH+]=Cc1ccccc1OCc1ccccc1Cl. The van der Waals surface area contributed by atoms with Gasteiger partial charge in [0.15, 0.2) is 0 Å². The van der Waals surface area contributed by atoms with E-state index in [1.807, 2.05) is 48.5 Å². The van der Waals surface area contributed by atoms with Gasteiger partial charge in [0.25, 0.3) is 0 Å². The van der Waals surface area contributed by atoms with Gasteiger partial charge in [-0.2, -0.15) is 0 Å². The Morgan fingerprint density at radius 3 is 2.73 bits per heavy atom. The Morgan fingerprint density at radius 2 is 1.95 bits per heavy atom. The number of hydrazine groups is 1. The molecule has 0 radical (unpaired) electrons. The number of hydrazone groups is 1. The number of hydrogen-bond donors (Lipinski definition) is 3. The van der Waals surface area contributed by atoms with Crippen LogP contribution in [-0.4, -0.2) is 18.4 Å². The maximum Gasteiger partial charge on any atom is 0.223 e. The monoisotopic (exact) mass is 334 g/mol. The lowest BCUT2D eigenvalue weighted by Gasteiger charge is -2.09. The van der Waals surface area contributed by atoms with Crippen LogP contribution in [0.5, 0.6) is 5.75 Å². The number of halogens is 1. The second kappa shape index (κ2) is 8.36. The van der Waals surface area contributed by atoms with Crippen molar-refractivity contribution in [1.29, 1.82) is 0 Å². The van der Waals surface area contributed by atoms with Gasteiger partial charge in [-0.05, 0) is 30.4 Å². The summed E-state index contributed by atoms with van der Waals surface area (Å²) in [7, 11) is 1.75. The molecule has 0 aliphatic heterocycles. The highest BCUT2D eigenvalue weighted by Crippen LogP contribution is 2.20. The van der Waals surface area contributed by atoms with Gasteiger partial charge in [-0.3, -0.25) is 0 Å². The molecule has 0 atom stereocenters. The maximum atomic E-state index is 6.13. The molecule has 0 bridgehead atoms. The van der Waals surface area contributed by atoms with Crippen LogP contribution in [-0.2, 0) is 6.61 Å². The predicted molar refractivity (Wildman–Crippen MR) is 93.1 cm³/mol. The third-order valence-corrected chi connectivity index (χ3v) is 3.58. The van der Waals surface area contributed by atoms with Crippen LogP contribution in [0.4, 0.5) is 0 Å². The van der Waals surface area contributed by atoms with Crippen LogP contribution in [0, 0.1) is 0 Å². The quantitative estimate of drug-likeness (QED) is 0.440. The van der Waals surface area contributed by atoms with Gasteiger partial charge in [-0.1, -0.05) is 41.9 Å². The van der Waals surface area contributed by atoms with Crippen molar-refractivity contribution in [3.63, 3.8) is 0 Å². The van der Waals surface area contributed by atoms with Crippen LogP contribution in [0.15, 0.2) is 48.5 Å². The lowest BCUT2D eigenvalue weighted by molar-refractivity contribution is -0.500. The lowest BCUT2D eigenvalue weighted by atomic mass is 10.2. The number of hydrogen-bond acceptors (Lipinski definition) is 2. The molecular weight excluding hydrogens is 318 g/mol. The number of nitrogens with one attached hydrogen (secondary N) is 3. The van der Waals surface area contributed by atoms with Crippen molar-refractivity contribution in [3.05, 3.63) is 64.7 Å². The van der Waals surface area contributed by atoms with Gasteiger partial charge < -0.3 is 10.1 Å². The fraction of sp³-hybridized carbons (Fsp3) is 0.125. The summed E-state index contributed by atoms with van der Waals surface area (Å²) < 4.78 is 5.86. The summed E-state index contributed by atoms with van der Waals surface area (Å²) in [5, 5.41) is 6.93. The van der Waals surface area contributed by atoms with E-state index in [-0.39, 0.29) is 0 Å². The van der Waals surface area contributed by atoms with E-state index in [1.165, 1.54) is 0 Å². The molecule has 0 aromatic heterocycles. The zero-order valence-electron chi connectivity index (χ0n) is 12.1. The van der Waals surface area contributed by atoms with E-state index in [0.29, 0.717) is 16.7 Å². The van der Waals surface area contributed by atoms with Crippen molar-refractivity contribution < 1.29 is 9.84 Å². The molecule has 2 rings (SSSR count). The van der Waals surface area contributed by atoms with E-state index in [2.05, 4.69) is 15.8 Å². The summed E-state index contributed by atoms with van der Waals surface area (Å²) in [4.78, 5) is 0. The largest absolute Gasteiger partial charge is 0.488 e. The van der Waals surface area contributed by atoms with Crippen molar-refractivity contribution in [2.75, 3.05) is 7.05 Å². The first kappa shape index (κ1) is 16.3. The van der Waals surface area contributed by atoms with Gasteiger partial charge in [-0.25, -0.2) is 0 Å². The van der Waals surface area contributed by atoms with Crippen LogP contribution in [0.2, 0.25) is 5.02 Å². The first-order valence-corrected chi connectivity index (χ1v) is 7.51. The first-order chi connectivity index (χ1) is 10.7. The highest BCUT2D eigenvalue weighted by molar-refractivity contribution is 7.80. The number of benzene rings is 2. The van der Waals surface area contributed by atoms with Gasteiger partial charge in [0.05, 0.1) is 5.56 Å². The van der Waals surface area contributed by atoms with E-state index >= 15 is 0 Å². The molecule has 2 aromatic rings. The standard InChI is InChI=1S/C16H16ClN3OS/c1-18-16(22)20-19-10-12-6-3-5-9-15(12)21-11-13-7-2-4-8-14(13)17/h2-10H,11H2,1H3,(H2,18,20,22)/p+1. The van der Waals surface area contributed by atoms with Gasteiger partial charge in [0.2, 0.25) is 11.3 Å². The van der Waals surface area contributed by atoms with Crippen molar-refractivity contribution in [3.8, 4) is 5.75 Å². The van der Waals surface area contributed by atoms with E-state index in [4.69, 9.17) is 28.6 Å². The van der Waals surface area contributed by atoms with E-state index in [0.717, 1.165) is 16.9 Å². The minimum atomic E-state index is 0.410. The second-order valence-electron chi connectivity index (χ2n) is 4.41. The first-order valence-electron chi connectivity index (χ1n) is 6.72. The zero-order valence-corrected chi connectivity index (χ0v) is 13.7. The Balaban J connectivity index is 2.05. The molecule has 0 unspecified atom stereocenters. The average molecular weight is 335 g/mol. The Labute approximate surface area is 140 Å². The number of rotatable bonds is 5. The third-order valence-electron chi connectivity index (χ3n) is 2.90. The Morgan fingerprint density at radius 1 is 1.23 bits per heavy atom. The van der Waals surface area contributed by atoms with Crippen LogP contribution in [0.25, 0.3) is 0 Å². The molecule has 0 saturated carbocycles. The summed E-state index contributed by atoms with van der Waals surface area (Å²) in [6.07, 6.45) is 1.78. The van der Waals surface area contributed by atoms with Crippen molar-refractivity contribution >= 4 is 35.1 Å². The molecule has 0 fully saturated rings. The molecule has 0 saturated heterocycles. The van der Waals surface area contributed by atoms with E-state index in [1.54, 1.807) is 13.3 Å². The van der Waals surface area contributed by atoms with E-state index < -0.39 is 0 Å². The molecule has 4 nitrogen and oxygen atoms in total. The van der Waals surface area contributed by atoms with Gasteiger partial charge in [0.1, 0.15) is 12.4 Å². The summed E-state index contributed by atoms with van der Waals surface area (Å²) in [5.41, 5.74) is 4.68. The smallest absolute Gasteiger partial charge is 0.223 e. The van der Waals surface area contributed by atoms with E-state index in [9.17, 15) is 0 Å². The molecule has 2 aromatic carbocycles. The maximum absolute atomic E-state index is 6.13. The highest BCUT2D eigenvalue weighted by atomic mass is 35.5. The zero-order chi connectivity index (χ0) is 15.8. The summed E-state index contributed by atoms with van der Waals surface area (Å²) in [6.45, 7) is 0.410. The summed E-state index contributed by atoms with van der Waals surface area (Å²) >= 11 is 11.1. The molecule has 0 spiro atoms. The second-order valence-corrected chi connectivity index (χ2v) is 5.23. The number of ether oxygens (including phenoxy) is 1. The highest BCUT2D eigenvalue weighted by Gasteiger charge is 2.05. The normalized spacial score (nSPS) is 10.5. The molecule has 114 valence electrons. The van der Waals surface area contributed by atoms with Crippen molar-refractivity contribution in [1.82, 2.24) is 10.7 Å². The molecule has 0 heterocycles. The Kier molecular flexibility index (Phi) is 6.18. The molecule has 3 N–H and O–H groups in total. The molecule has 6 heteroatoms. The number of thiocarbonyl (C=S) groups is 1. The van der Waals surface area contributed by atoms with Crippen LogP contribution < -0.4 is 20.6 Å². The predicted octanol–water partition coefficient (Wildman–Crippen LogP) is 1.43. The topological polar surface area (TPSA) is 47.3 Å². The van der Waals surface area contributed by atoms with Crippen LogP contribution >= 0.6 is 23.8 Å². The Bertz CT molecular complexity index is 676. The Hall–Kier alpha value is -2.11. The average Bonchev–Trinajstić information content (AvgIpc) is 2.55. The van der Waals surface area contributed by atoms with Crippen LogP contribution in [0.1, 0.15) is 11.1 Å². The fourth-order valence-electron chi connectivity index (χ4n) is 1.74. The lowest BCUT2D eigenvalue weighted by Crippen LogP contribution is -2.82. The molecule has 0 amide bonds. The van der Waals surface area contributed by atoms with Gasteiger partial charge >= 0.3 is 0 Å². The number of para-hydroxylation sites is 1. The van der Waals surface area contributed by atoms with Crippen LogP contribution in [0.3, 0.4) is 0 Å². The van der Waals surface area contributed by atoms with Gasteiger partial charge in [0, 0.05) is 17.6 Å². The summed E-state index contributed by atoms with van der Waals surface area (Å²) in [5.74, 6) is 0.757.